The summed E-state index contributed by atoms with van der Waals surface area (Å²) < 4.78 is 1.53. The number of tetrazole rings is 1. The second kappa shape index (κ2) is 8.95. The number of hydrogen-bond donors (Lipinski definition) is 1. The smallest absolute Gasteiger partial charge is 0.250 e. The maximum absolute atomic E-state index is 12.1. The summed E-state index contributed by atoms with van der Waals surface area (Å²) in [6.45, 7) is 2.15. The molecular formula is C20H21N7O2S. The van der Waals surface area contributed by atoms with Crippen molar-refractivity contribution in [2.75, 3.05) is 5.32 Å². The van der Waals surface area contributed by atoms with E-state index in [0.29, 0.717) is 28.3 Å². The first-order valence-corrected chi connectivity index (χ1v) is 10.4. The third-order valence-corrected chi connectivity index (χ3v) is 5.42. The second-order valence-corrected chi connectivity index (χ2v) is 7.86. The number of carbonyl (C=O) groups excluding carboxylic acids is 1. The lowest BCUT2D eigenvalue weighted by Gasteiger charge is -2.05. The SMILES string of the molecule is C/C(=C\C(=O)Nc1nc(CO/N=C(\c2ccccc2)c2nnnn2C)cs1)C1CC1. The number of amides is 1. The van der Waals surface area contributed by atoms with Crippen LogP contribution in [0.2, 0.25) is 0 Å². The molecule has 0 saturated heterocycles. The molecule has 10 heteroatoms. The molecule has 154 valence electrons. The van der Waals surface area contributed by atoms with E-state index in [1.54, 1.807) is 13.1 Å². The first kappa shape index (κ1) is 19.9. The molecule has 0 radical (unpaired) electrons. The Kier molecular flexibility index (Phi) is 5.94. The maximum atomic E-state index is 12.1. The number of anilines is 1. The van der Waals surface area contributed by atoms with Gasteiger partial charge in [0.05, 0.1) is 5.69 Å². The van der Waals surface area contributed by atoms with Gasteiger partial charge >= 0.3 is 0 Å². The fraction of sp³-hybridized carbons (Fsp3) is 0.300. The van der Waals surface area contributed by atoms with Crippen LogP contribution in [0.1, 0.15) is 36.8 Å². The third kappa shape index (κ3) is 4.95. The minimum absolute atomic E-state index is 0.152. The first-order chi connectivity index (χ1) is 14.6. The van der Waals surface area contributed by atoms with E-state index in [-0.39, 0.29) is 12.5 Å². The first-order valence-electron chi connectivity index (χ1n) is 9.52. The molecule has 0 aliphatic heterocycles. The molecule has 1 aromatic carbocycles. The normalized spacial score (nSPS) is 14.6. The fourth-order valence-corrected chi connectivity index (χ4v) is 3.55. The number of oxime groups is 1. The zero-order valence-corrected chi connectivity index (χ0v) is 17.5. The van der Waals surface area contributed by atoms with Crippen molar-refractivity contribution >= 4 is 28.1 Å². The van der Waals surface area contributed by atoms with Gasteiger partial charge in [-0.1, -0.05) is 41.1 Å². The molecule has 1 aliphatic carbocycles. The van der Waals surface area contributed by atoms with E-state index in [0.717, 1.165) is 11.1 Å². The molecular weight excluding hydrogens is 402 g/mol. The number of nitrogens with one attached hydrogen (secondary N) is 1. The van der Waals surface area contributed by atoms with Gasteiger partial charge in [-0.15, -0.1) is 16.4 Å². The third-order valence-electron chi connectivity index (χ3n) is 4.61. The Morgan fingerprint density at radius 1 is 1.37 bits per heavy atom. The summed E-state index contributed by atoms with van der Waals surface area (Å²) in [4.78, 5) is 22.0. The molecule has 1 amide bonds. The number of nitrogens with zero attached hydrogens (tertiary/aromatic N) is 6. The summed E-state index contributed by atoms with van der Waals surface area (Å²) in [5, 5.41) is 21.0. The number of benzene rings is 1. The molecule has 3 aromatic rings. The highest BCUT2D eigenvalue weighted by atomic mass is 32.1. The van der Waals surface area contributed by atoms with Crippen molar-refractivity contribution in [1.82, 2.24) is 25.2 Å². The summed E-state index contributed by atoms with van der Waals surface area (Å²) in [6, 6.07) is 9.55. The molecule has 1 saturated carbocycles. The molecule has 0 unspecified atom stereocenters. The van der Waals surface area contributed by atoms with Crippen molar-refractivity contribution < 1.29 is 9.63 Å². The Morgan fingerprint density at radius 2 is 2.17 bits per heavy atom. The zero-order chi connectivity index (χ0) is 20.9. The van der Waals surface area contributed by atoms with Crippen LogP contribution in [0.25, 0.3) is 0 Å². The molecule has 4 rings (SSSR count). The standard InChI is InChI=1S/C20H21N7O2S/c1-13(14-8-9-14)10-17(28)22-20-21-16(12-30-20)11-29-24-18(15-6-4-3-5-7-15)19-23-25-26-27(19)2/h3-7,10,12,14H,8-9,11H2,1-2H3,(H,21,22,28)/b13-10+,24-18+. The van der Waals surface area contributed by atoms with Gasteiger partial charge in [0.15, 0.2) is 17.5 Å². The molecule has 9 nitrogen and oxygen atoms in total. The van der Waals surface area contributed by atoms with Gasteiger partial charge in [-0.25, -0.2) is 9.67 Å². The lowest BCUT2D eigenvalue weighted by Crippen LogP contribution is -2.12. The van der Waals surface area contributed by atoms with Gasteiger partial charge in [0.25, 0.3) is 0 Å². The Balaban J connectivity index is 1.41. The largest absolute Gasteiger partial charge is 0.389 e. The molecule has 1 fully saturated rings. The highest BCUT2D eigenvalue weighted by Crippen LogP contribution is 2.35. The minimum atomic E-state index is -0.152. The number of allylic oxidation sites excluding steroid dienone is 1. The molecule has 0 bridgehead atoms. The van der Waals surface area contributed by atoms with Crippen LogP contribution >= 0.6 is 11.3 Å². The molecule has 0 atom stereocenters. The number of thiazole rings is 1. The molecule has 1 aliphatic rings. The van der Waals surface area contributed by atoms with E-state index in [4.69, 9.17) is 4.84 Å². The lowest BCUT2D eigenvalue weighted by atomic mass is 10.1. The quantitative estimate of drug-likeness (QED) is 0.339. The van der Waals surface area contributed by atoms with Crippen LogP contribution in [-0.2, 0) is 23.3 Å². The van der Waals surface area contributed by atoms with Gasteiger partial charge in [-0.3, -0.25) is 10.1 Å². The highest BCUT2D eigenvalue weighted by molar-refractivity contribution is 7.13. The predicted molar refractivity (Wildman–Crippen MR) is 113 cm³/mol. The average Bonchev–Trinajstić information content (AvgIpc) is 3.38. The van der Waals surface area contributed by atoms with Crippen LogP contribution in [0, 0.1) is 5.92 Å². The van der Waals surface area contributed by atoms with Crippen molar-refractivity contribution in [1.29, 1.82) is 0 Å². The Labute approximate surface area is 177 Å². The van der Waals surface area contributed by atoms with Crippen LogP contribution in [0.15, 0.2) is 52.5 Å². The molecule has 1 N–H and O–H groups in total. The number of carbonyl (C=O) groups is 1. The molecule has 2 aromatic heterocycles. The summed E-state index contributed by atoms with van der Waals surface area (Å²) in [5.74, 6) is 0.905. The van der Waals surface area contributed by atoms with Gasteiger partial charge in [0, 0.05) is 24.1 Å². The number of rotatable bonds is 8. The summed E-state index contributed by atoms with van der Waals surface area (Å²) in [7, 11) is 1.74. The molecule has 30 heavy (non-hydrogen) atoms. The van der Waals surface area contributed by atoms with Crippen LogP contribution in [0.3, 0.4) is 0 Å². The minimum Gasteiger partial charge on any atom is -0.389 e. The average molecular weight is 424 g/mol. The zero-order valence-electron chi connectivity index (χ0n) is 16.6. The lowest BCUT2D eigenvalue weighted by molar-refractivity contribution is -0.112. The summed E-state index contributed by atoms with van der Waals surface area (Å²) in [6.07, 6.45) is 4.00. The topological polar surface area (TPSA) is 107 Å². The maximum Gasteiger partial charge on any atom is 0.250 e. The Bertz CT molecular complexity index is 1080. The van der Waals surface area contributed by atoms with Crippen LogP contribution in [-0.4, -0.2) is 36.8 Å². The fourth-order valence-electron chi connectivity index (χ4n) is 2.85. The van der Waals surface area contributed by atoms with Crippen molar-refractivity contribution in [3.05, 3.63) is 64.4 Å². The van der Waals surface area contributed by atoms with E-state index in [2.05, 4.69) is 31.0 Å². The summed E-state index contributed by atoms with van der Waals surface area (Å²) >= 11 is 1.35. The summed E-state index contributed by atoms with van der Waals surface area (Å²) in [5.41, 5.74) is 3.14. The van der Waals surface area contributed by atoms with Crippen LogP contribution in [0.4, 0.5) is 5.13 Å². The van der Waals surface area contributed by atoms with E-state index >= 15 is 0 Å². The van der Waals surface area contributed by atoms with E-state index in [9.17, 15) is 4.79 Å². The van der Waals surface area contributed by atoms with Gasteiger partial charge in [0.2, 0.25) is 11.7 Å². The van der Waals surface area contributed by atoms with Crippen molar-refractivity contribution in [3.63, 3.8) is 0 Å². The molecule has 2 heterocycles. The number of hydrogen-bond acceptors (Lipinski definition) is 8. The predicted octanol–water partition coefficient (Wildman–Crippen LogP) is 2.93. The molecule has 0 spiro atoms. The van der Waals surface area contributed by atoms with Crippen LogP contribution in [0.5, 0.6) is 0 Å². The number of aryl methyl sites for hydroxylation is 1. The van der Waals surface area contributed by atoms with Gasteiger partial charge in [-0.2, -0.15) is 0 Å². The van der Waals surface area contributed by atoms with E-state index in [1.165, 1.54) is 28.9 Å². The van der Waals surface area contributed by atoms with Crippen molar-refractivity contribution in [2.24, 2.45) is 18.1 Å². The van der Waals surface area contributed by atoms with Crippen molar-refractivity contribution in [2.45, 2.75) is 26.4 Å². The van der Waals surface area contributed by atoms with E-state index in [1.807, 2.05) is 42.6 Å². The monoisotopic (exact) mass is 423 g/mol. The highest BCUT2D eigenvalue weighted by Gasteiger charge is 2.23. The van der Waals surface area contributed by atoms with E-state index < -0.39 is 0 Å². The van der Waals surface area contributed by atoms with Crippen molar-refractivity contribution in [3.8, 4) is 0 Å². The van der Waals surface area contributed by atoms with Gasteiger partial charge < -0.3 is 4.84 Å². The number of aromatic nitrogens is 5. The van der Waals surface area contributed by atoms with Gasteiger partial charge in [0.1, 0.15) is 0 Å². The van der Waals surface area contributed by atoms with Gasteiger partial charge in [-0.05, 0) is 36.1 Å². The Morgan fingerprint density at radius 3 is 2.87 bits per heavy atom. The van der Waals surface area contributed by atoms with Crippen LogP contribution < -0.4 is 5.32 Å². The Hall–Kier alpha value is -3.40. The second-order valence-electron chi connectivity index (χ2n) is 7.00.